The van der Waals surface area contributed by atoms with Gasteiger partial charge in [-0.25, -0.2) is 0 Å². The van der Waals surface area contributed by atoms with Crippen LogP contribution in [0.15, 0.2) is 16.5 Å². The molecule has 0 aromatic carbocycles. The van der Waals surface area contributed by atoms with Gasteiger partial charge in [0.1, 0.15) is 10.7 Å². The van der Waals surface area contributed by atoms with Crippen LogP contribution in [0.5, 0.6) is 0 Å². The summed E-state index contributed by atoms with van der Waals surface area (Å²) in [5.41, 5.74) is 0.554. The average Bonchev–Trinajstić information content (AvgIpc) is 3.17. The molecule has 0 unspecified atom stereocenters. The molecule has 2 aliphatic carbocycles. The Balaban J connectivity index is 1.48. The number of nitrogens with zero attached hydrogens (tertiary/aromatic N) is 1. The highest BCUT2D eigenvalue weighted by Gasteiger charge is 2.53. The molecule has 2 saturated carbocycles. The van der Waals surface area contributed by atoms with Crippen LogP contribution in [0.1, 0.15) is 31.4 Å². The van der Waals surface area contributed by atoms with E-state index in [1.54, 1.807) is 6.07 Å². The van der Waals surface area contributed by atoms with E-state index in [1.807, 2.05) is 0 Å². The molecule has 0 atom stereocenters. The van der Waals surface area contributed by atoms with Gasteiger partial charge < -0.3 is 9.73 Å². The lowest BCUT2D eigenvalue weighted by atomic mass is 10.0. The van der Waals surface area contributed by atoms with Crippen LogP contribution in [0.25, 0.3) is 0 Å². The summed E-state index contributed by atoms with van der Waals surface area (Å²) in [6, 6.07) is 3.08. The minimum absolute atomic E-state index is 0.176. The number of furan rings is 1. The average molecular weight is 236 g/mol. The van der Waals surface area contributed by atoms with E-state index in [-0.39, 0.29) is 5.88 Å². The van der Waals surface area contributed by atoms with Crippen molar-refractivity contribution in [2.75, 3.05) is 6.54 Å². The number of nitrogens with one attached hydrogen (secondary N) is 1. The minimum Gasteiger partial charge on any atom is -0.404 e. The molecule has 3 rings (SSSR count). The quantitative estimate of drug-likeness (QED) is 0.608. The minimum atomic E-state index is -0.504. The van der Waals surface area contributed by atoms with E-state index >= 15 is 0 Å². The van der Waals surface area contributed by atoms with Crippen molar-refractivity contribution >= 4 is 5.88 Å². The van der Waals surface area contributed by atoms with Crippen molar-refractivity contribution in [2.24, 2.45) is 11.3 Å². The van der Waals surface area contributed by atoms with E-state index < -0.39 is 4.92 Å². The third-order valence-electron chi connectivity index (χ3n) is 3.94. The van der Waals surface area contributed by atoms with Gasteiger partial charge in [-0.3, -0.25) is 10.1 Å². The molecule has 92 valence electrons. The first kappa shape index (κ1) is 10.8. The van der Waals surface area contributed by atoms with Gasteiger partial charge in [0.15, 0.2) is 0 Å². The summed E-state index contributed by atoms with van der Waals surface area (Å²) in [5, 5.41) is 13.8. The van der Waals surface area contributed by atoms with E-state index in [0.717, 1.165) is 12.5 Å². The molecule has 0 aliphatic heterocycles. The largest absolute Gasteiger partial charge is 0.433 e. The van der Waals surface area contributed by atoms with Crippen LogP contribution in [0.4, 0.5) is 5.88 Å². The van der Waals surface area contributed by atoms with Crippen molar-refractivity contribution in [1.82, 2.24) is 5.32 Å². The van der Waals surface area contributed by atoms with Gasteiger partial charge in [0, 0.05) is 6.54 Å². The zero-order valence-corrected chi connectivity index (χ0v) is 9.65. The molecule has 2 aliphatic rings. The number of nitro groups is 1. The van der Waals surface area contributed by atoms with Crippen molar-refractivity contribution in [2.45, 2.75) is 32.2 Å². The molecule has 5 heteroatoms. The van der Waals surface area contributed by atoms with Gasteiger partial charge in [0.2, 0.25) is 0 Å². The molecule has 1 N–H and O–H groups in total. The van der Waals surface area contributed by atoms with Gasteiger partial charge in [-0.1, -0.05) is 0 Å². The maximum absolute atomic E-state index is 10.4. The van der Waals surface area contributed by atoms with Crippen LogP contribution in [-0.4, -0.2) is 11.5 Å². The first-order valence-electron chi connectivity index (χ1n) is 6.13. The summed E-state index contributed by atoms with van der Waals surface area (Å²) >= 11 is 0. The lowest BCUT2D eigenvalue weighted by molar-refractivity contribution is -0.402. The topological polar surface area (TPSA) is 68.3 Å². The SMILES string of the molecule is O=[N+]([O-])c1ccc(CNCC2(C3CC3)CC2)o1. The van der Waals surface area contributed by atoms with Gasteiger partial charge in [0.05, 0.1) is 12.6 Å². The smallest absolute Gasteiger partial charge is 0.404 e. The standard InChI is InChI=1S/C12H16N2O3/c15-14(16)11-4-3-10(17-11)7-13-8-12(5-6-12)9-1-2-9/h3-4,9,13H,1-2,5-8H2. The second-order valence-electron chi connectivity index (χ2n) is 5.24. The Kier molecular flexibility index (Phi) is 2.43. The lowest BCUT2D eigenvalue weighted by Gasteiger charge is -2.13. The Bertz CT molecular complexity index is 433. The van der Waals surface area contributed by atoms with Gasteiger partial charge in [-0.2, -0.15) is 0 Å². The third-order valence-corrected chi connectivity index (χ3v) is 3.94. The first-order valence-corrected chi connectivity index (χ1v) is 6.13. The van der Waals surface area contributed by atoms with Crippen molar-refractivity contribution in [3.8, 4) is 0 Å². The predicted molar refractivity (Wildman–Crippen MR) is 61.5 cm³/mol. The lowest BCUT2D eigenvalue weighted by Crippen LogP contribution is -2.24. The molecule has 0 bridgehead atoms. The van der Waals surface area contributed by atoms with E-state index in [0.29, 0.717) is 17.7 Å². The second kappa shape index (κ2) is 3.84. The maximum Gasteiger partial charge on any atom is 0.433 e. The predicted octanol–water partition coefficient (Wildman–Crippen LogP) is 2.47. The summed E-state index contributed by atoms with van der Waals surface area (Å²) < 4.78 is 5.09. The van der Waals surface area contributed by atoms with Gasteiger partial charge in [0.25, 0.3) is 0 Å². The van der Waals surface area contributed by atoms with E-state index in [1.165, 1.54) is 31.7 Å². The maximum atomic E-state index is 10.4. The van der Waals surface area contributed by atoms with Crippen LogP contribution in [0.3, 0.4) is 0 Å². The Morgan fingerprint density at radius 3 is 2.76 bits per heavy atom. The number of rotatable bonds is 6. The molecule has 1 aromatic rings. The van der Waals surface area contributed by atoms with Crippen molar-refractivity contribution in [1.29, 1.82) is 0 Å². The zero-order chi connectivity index (χ0) is 11.9. The molecule has 17 heavy (non-hydrogen) atoms. The number of hydrogen-bond acceptors (Lipinski definition) is 4. The Morgan fingerprint density at radius 2 is 2.24 bits per heavy atom. The van der Waals surface area contributed by atoms with Gasteiger partial charge in [-0.15, -0.1) is 0 Å². The van der Waals surface area contributed by atoms with Crippen LogP contribution >= 0.6 is 0 Å². The molecule has 2 fully saturated rings. The first-order chi connectivity index (χ1) is 8.20. The van der Waals surface area contributed by atoms with Gasteiger partial charge in [-0.05, 0) is 43.1 Å². The summed E-state index contributed by atoms with van der Waals surface area (Å²) in [6.45, 7) is 1.61. The van der Waals surface area contributed by atoms with Crippen LogP contribution in [0.2, 0.25) is 0 Å². The van der Waals surface area contributed by atoms with Crippen molar-refractivity contribution in [3.05, 3.63) is 28.0 Å². The van der Waals surface area contributed by atoms with Crippen LogP contribution in [-0.2, 0) is 6.54 Å². The number of hydrogen-bond donors (Lipinski definition) is 1. The third kappa shape index (κ3) is 2.20. The molecule has 1 aromatic heterocycles. The molecule has 0 saturated heterocycles. The highest BCUT2D eigenvalue weighted by atomic mass is 16.6. The highest BCUT2D eigenvalue weighted by molar-refractivity contribution is 5.17. The fourth-order valence-electron chi connectivity index (χ4n) is 2.58. The van der Waals surface area contributed by atoms with E-state index in [4.69, 9.17) is 4.42 Å². The monoisotopic (exact) mass is 236 g/mol. The normalized spacial score (nSPS) is 21.4. The van der Waals surface area contributed by atoms with Crippen molar-refractivity contribution in [3.63, 3.8) is 0 Å². The fourth-order valence-corrected chi connectivity index (χ4v) is 2.58. The molecule has 1 heterocycles. The summed E-state index contributed by atoms with van der Waals surface area (Å²) in [6.07, 6.45) is 5.44. The highest BCUT2D eigenvalue weighted by Crippen LogP contribution is 2.60. The molecule has 5 nitrogen and oxygen atoms in total. The molecular formula is C12H16N2O3. The molecule has 0 amide bonds. The Morgan fingerprint density at radius 1 is 1.47 bits per heavy atom. The summed E-state index contributed by atoms with van der Waals surface area (Å²) in [5.74, 6) is 1.40. The van der Waals surface area contributed by atoms with Crippen LogP contribution in [0, 0.1) is 21.4 Å². The summed E-state index contributed by atoms with van der Waals surface area (Å²) in [4.78, 5) is 9.94. The van der Waals surface area contributed by atoms with Gasteiger partial charge >= 0.3 is 5.88 Å². The molecule has 0 spiro atoms. The van der Waals surface area contributed by atoms with Crippen LogP contribution < -0.4 is 5.32 Å². The van der Waals surface area contributed by atoms with E-state index in [9.17, 15) is 10.1 Å². The summed E-state index contributed by atoms with van der Waals surface area (Å²) in [7, 11) is 0. The fraction of sp³-hybridized carbons (Fsp3) is 0.667. The second-order valence-corrected chi connectivity index (χ2v) is 5.24. The Hall–Kier alpha value is -1.36. The zero-order valence-electron chi connectivity index (χ0n) is 9.65. The van der Waals surface area contributed by atoms with Crippen molar-refractivity contribution < 1.29 is 9.34 Å². The molecular weight excluding hydrogens is 220 g/mol. The van der Waals surface area contributed by atoms with E-state index in [2.05, 4.69) is 5.32 Å². The Labute approximate surface area is 99.3 Å². The molecule has 0 radical (unpaired) electrons.